The number of thiocarbonyl (C=S) groups is 1. The van der Waals surface area contributed by atoms with Crippen LogP contribution in [0.5, 0.6) is 0 Å². The topological polar surface area (TPSA) is 41.9 Å². The van der Waals surface area contributed by atoms with Gasteiger partial charge in [-0.1, -0.05) is 47.0 Å². The summed E-state index contributed by atoms with van der Waals surface area (Å²) in [6.07, 6.45) is 1.59. The van der Waals surface area contributed by atoms with Gasteiger partial charge >= 0.3 is 0 Å². The summed E-state index contributed by atoms with van der Waals surface area (Å²) in [5, 5.41) is 11.5. The molecule has 0 unspecified atom stereocenters. The number of aromatic nitrogens is 2. The zero-order valence-corrected chi connectivity index (χ0v) is 17.0. The molecule has 1 heterocycles. The van der Waals surface area contributed by atoms with Crippen LogP contribution in [0.4, 0.5) is 15.9 Å². The summed E-state index contributed by atoms with van der Waals surface area (Å²) < 4.78 is 15.5. The molecule has 3 aromatic rings. The molecule has 140 valence electrons. The summed E-state index contributed by atoms with van der Waals surface area (Å²) in [6, 6.07) is 10.6. The third-order valence-electron chi connectivity index (χ3n) is 3.96. The Bertz CT molecular complexity index is 983. The van der Waals surface area contributed by atoms with Crippen LogP contribution in [0, 0.1) is 19.7 Å². The minimum absolute atomic E-state index is 0.157. The molecule has 0 aliphatic carbocycles. The van der Waals surface area contributed by atoms with Crippen LogP contribution >= 0.6 is 35.4 Å². The molecule has 4 nitrogen and oxygen atoms in total. The van der Waals surface area contributed by atoms with Gasteiger partial charge in [-0.05, 0) is 49.8 Å². The number of nitrogens with zero attached hydrogens (tertiary/aromatic N) is 2. The van der Waals surface area contributed by atoms with Crippen molar-refractivity contribution < 1.29 is 4.39 Å². The van der Waals surface area contributed by atoms with Gasteiger partial charge in [-0.2, -0.15) is 5.10 Å². The third kappa shape index (κ3) is 4.77. The normalized spacial score (nSPS) is 10.7. The first kappa shape index (κ1) is 19.6. The quantitative estimate of drug-likeness (QED) is 0.521. The zero-order chi connectivity index (χ0) is 19.6. The molecule has 27 heavy (non-hydrogen) atoms. The standard InChI is InChI=1S/C19H17Cl2FN4S/c1-11-6-7-17(12(2)8-11)23-19(27)24-18-15(21)10-26(25-18)9-13-14(20)4-3-5-16(13)22/h3-8,10H,9H2,1-2H3,(H2,23,24,25,27). The van der Waals surface area contributed by atoms with E-state index in [1.807, 2.05) is 26.0 Å². The van der Waals surface area contributed by atoms with Crippen LogP contribution in [-0.4, -0.2) is 14.9 Å². The number of halogens is 3. The summed E-state index contributed by atoms with van der Waals surface area (Å²) in [5.41, 5.74) is 3.49. The van der Waals surface area contributed by atoms with E-state index in [1.54, 1.807) is 18.3 Å². The lowest BCUT2D eigenvalue weighted by Crippen LogP contribution is -2.20. The monoisotopic (exact) mass is 422 g/mol. The number of rotatable bonds is 4. The summed E-state index contributed by atoms with van der Waals surface area (Å²) >= 11 is 17.6. The molecule has 0 aliphatic rings. The van der Waals surface area contributed by atoms with Crippen molar-refractivity contribution in [3.8, 4) is 0 Å². The molecule has 0 fully saturated rings. The van der Waals surface area contributed by atoms with Crippen molar-refractivity contribution in [3.63, 3.8) is 0 Å². The van der Waals surface area contributed by atoms with Crippen molar-refractivity contribution in [2.75, 3.05) is 10.6 Å². The molecule has 0 bridgehead atoms. The van der Waals surface area contributed by atoms with Crippen molar-refractivity contribution >= 4 is 52.0 Å². The highest BCUT2D eigenvalue weighted by molar-refractivity contribution is 7.80. The van der Waals surface area contributed by atoms with E-state index in [9.17, 15) is 4.39 Å². The molecule has 0 amide bonds. The Morgan fingerprint density at radius 2 is 1.93 bits per heavy atom. The smallest absolute Gasteiger partial charge is 0.176 e. The maximum Gasteiger partial charge on any atom is 0.176 e. The zero-order valence-electron chi connectivity index (χ0n) is 14.7. The number of hydrogen-bond acceptors (Lipinski definition) is 2. The maximum absolute atomic E-state index is 14.0. The van der Waals surface area contributed by atoms with Gasteiger partial charge in [0.25, 0.3) is 0 Å². The van der Waals surface area contributed by atoms with Crippen molar-refractivity contribution in [3.05, 3.63) is 75.1 Å². The Morgan fingerprint density at radius 3 is 2.63 bits per heavy atom. The molecule has 0 saturated heterocycles. The van der Waals surface area contributed by atoms with Gasteiger partial charge in [-0.15, -0.1) is 0 Å². The van der Waals surface area contributed by atoms with Gasteiger partial charge in [0.2, 0.25) is 0 Å². The van der Waals surface area contributed by atoms with E-state index in [-0.39, 0.29) is 6.54 Å². The van der Waals surface area contributed by atoms with E-state index in [0.29, 0.717) is 26.5 Å². The van der Waals surface area contributed by atoms with E-state index < -0.39 is 5.82 Å². The lowest BCUT2D eigenvalue weighted by molar-refractivity contribution is 0.586. The predicted molar refractivity (Wildman–Crippen MR) is 114 cm³/mol. The summed E-state index contributed by atoms with van der Waals surface area (Å²) in [7, 11) is 0. The van der Waals surface area contributed by atoms with Gasteiger partial charge in [0, 0.05) is 22.5 Å². The minimum atomic E-state index is -0.393. The lowest BCUT2D eigenvalue weighted by Gasteiger charge is -2.12. The fraction of sp³-hybridized carbons (Fsp3) is 0.158. The Kier molecular flexibility index (Phi) is 5.99. The second-order valence-electron chi connectivity index (χ2n) is 6.12. The lowest BCUT2D eigenvalue weighted by atomic mass is 10.1. The molecule has 8 heteroatoms. The van der Waals surface area contributed by atoms with Gasteiger partial charge < -0.3 is 10.6 Å². The van der Waals surface area contributed by atoms with Crippen LogP contribution in [-0.2, 0) is 6.54 Å². The van der Waals surface area contributed by atoms with Crippen molar-refractivity contribution in [1.82, 2.24) is 9.78 Å². The summed E-state index contributed by atoms with van der Waals surface area (Å²) in [4.78, 5) is 0. The van der Waals surface area contributed by atoms with Gasteiger partial charge in [-0.3, -0.25) is 4.68 Å². The van der Waals surface area contributed by atoms with Crippen molar-refractivity contribution in [2.45, 2.75) is 20.4 Å². The predicted octanol–water partition coefficient (Wildman–Crippen LogP) is 5.80. The first-order valence-corrected chi connectivity index (χ1v) is 9.31. The molecule has 1 aromatic heterocycles. The van der Waals surface area contributed by atoms with E-state index in [4.69, 9.17) is 35.4 Å². The maximum atomic E-state index is 14.0. The largest absolute Gasteiger partial charge is 0.332 e. The second kappa shape index (κ2) is 8.25. The molecular weight excluding hydrogens is 406 g/mol. The molecule has 0 aliphatic heterocycles. The number of anilines is 2. The molecule has 0 atom stereocenters. The number of nitrogens with one attached hydrogen (secondary N) is 2. The SMILES string of the molecule is Cc1ccc(NC(=S)Nc2nn(Cc3c(F)cccc3Cl)cc2Cl)c(C)c1. The fourth-order valence-corrected chi connectivity index (χ4v) is 3.25. The van der Waals surface area contributed by atoms with E-state index in [0.717, 1.165) is 11.3 Å². The first-order chi connectivity index (χ1) is 12.8. The fourth-order valence-electron chi connectivity index (χ4n) is 2.62. The highest BCUT2D eigenvalue weighted by Gasteiger charge is 2.13. The van der Waals surface area contributed by atoms with Crippen LogP contribution in [0.3, 0.4) is 0 Å². The van der Waals surface area contributed by atoms with Crippen LogP contribution in [0.25, 0.3) is 0 Å². The Morgan fingerprint density at radius 1 is 1.15 bits per heavy atom. The molecule has 2 aromatic carbocycles. The summed E-state index contributed by atoms with van der Waals surface area (Å²) in [6.45, 7) is 4.18. The third-order valence-corrected chi connectivity index (χ3v) is 4.80. The Hall–Kier alpha value is -2.15. The minimum Gasteiger partial charge on any atom is -0.332 e. The highest BCUT2D eigenvalue weighted by Crippen LogP contribution is 2.24. The Labute approximate surface area is 172 Å². The number of hydrogen-bond donors (Lipinski definition) is 2. The first-order valence-electron chi connectivity index (χ1n) is 8.14. The van der Waals surface area contributed by atoms with Gasteiger partial charge in [-0.25, -0.2) is 4.39 Å². The molecular formula is C19H17Cl2FN4S. The van der Waals surface area contributed by atoms with Gasteiger partial charge in [0.1, 0.15) is 10.8 Å². The van der Waals surface area contributed by atoms with E-state index in [1.165, 1.54) is 16.3 Å². The molecule has 0 spiro atoms. The average Bonchev–Trinajstić information content (AvgIpc) is 2.93. The van der Waals surface area contributed by atoms with E-state index in [2.05, 4.69) is 21.8 Å². The number of benzene rings is 2. The number of aryl methyl sites for hydroxylation is 2. The van der Waals surface area contributed by atoms with Crippen LogP contribution in [0.2, 0.25) is 10.0 Å². The van der Waals surface area contributed by atoms with Crippen molar-refractivity contribution in [1.29, 1.82) is 0 Å². The van der Waals surface area contributed by atoms with Crippen LogP contribution in [0.15, 0.2) is 42.6 Å². The van der Waals surface area contributed by atoms with E-state index >= 15 is 0 Å². The molecule has 2 N–H and O–H groups in total. The van der Waals surface area contributed by atoms with Gasteiger partial charge in [0.15, 0.2) is 10.9 Å². The molecule has 3 rings (SSSR count). The van der Waals surface area contributed by atoms with Crippen LogP contribution in [0.1, 0.15) is 16.7 Å². The van der Waals surface area contributed by atoms with Gasteiger partial charge in [0.05, 0.1) is 6.54 Å². The highest BCUT2D eigenvalue weighted by atomic mass is 35.5. The average molecular weight is 423 g/mol. The van der Waals surface area contributed by atoms with Crippen LogP contribution < -0.4 is 10.6 Å². The molecule has 0 saturated carbocycles. The summed E-state index contributed by atoms with van der Waals surface area (Å²) in [5.74, 6) is -0.0120. The van der Waals surface area contributed by atoms with Crippen molar-refractivity contribution in [2.24, 2.45) is 0 Å². The second-order valence-corrected chi connectivity index (χ2v) is 7.34. The Balaban J connectivity index is 1.72. The molecule has 0 radical (unpaired) electrons.